The van der Waals surface area contributed by atoms with Gasteiger partial charge in [-0.15, -0.1) is 0 Å². The lowest BCUT2D eigenvalue weighted by Crippen LogP contribution is -2.51. The van der Waals surface area contributed by atoms with Crippen molar-refractivity contribution in [1.29, 1.82) is 0 Å². The van der Waals surface area contributed by atoms with Gasteiger partial charge in [0.05, 0.1) is 19.1 Å². The number of hydrogen-bond donors (Lipinski definition) is 2. The summed E-state index contributed by atoms with van der Waals surface area (Å²) in [5, 5.41) is 13.1. The Morgan fingerprint density at radius 3 is 2.64 bits per heavy atom. The molecule has 0 spiro atoms. The van der Waals surface area contributed by atoms with Gasteiger partial charge in [0.25, 0.3) is 0 Å². The number of halogens is 1. The molecule has 198 valence electrons. The number of esters is 1. The van der Waals surface area contributed by atoms with Gasteiger partial charge >= 0.3 is 13.7 Å². The molecule has 0 radical (unpaired) electrons. The smallest absolute Gasteiger partial charge is 0.459 e. The Morgan fingerprint density at radius 1 is 1.36 bits per heavy atom. The first-order chi connectivity index (χ1) is 16.8. The number of rotatable bonds is 10. The van der Waals surface area contributed by atoms with E-state index in [1.165, 1.54) is 25.3 Å². The second-order valence-corrected chi connectivity index (χ2v) is 10.8. The third-order valence-corrected chi connectivity index (χ3v) is 7.19. The van der Waals surface area contributed by atoms with Crippen LogP contribution in [0.3, 0.4) is 0 Å². The lowest BCUT2D eigenvalue weighted by atomic mass is 9.97. The molecule has 0 aliphatic carbocycles. The van der Waals surface area contributed by atoms with Gasteiger partial charge in [-0.2, -0.15) is 5.09 Å². The van der Waals surface area contributed by atoms with E-state index in [1.54, 1.807) is 38.1 Å². The number of aliphatic hydroxyl groups is 1. The fraction of sp³-hybridized carbons (Fsp3) is 0.500. The summed E-state index contributed by atoms with van der Waals surface area (Å²) in [5.74, 6) is -0.943. The van der Waals surface area contributed by atoms with Crippen molar-refractivity contribution in [3.05, 3.63) is 54.8 Å². The van der Waals surface area contributed by atoms with Crippen LogP contribution in [0.25, 0.3) is 0 Å². The molecule has 0 bridgehead atoms. The second kappa shape index (κ2) is 11.2. The number of amides is 1. The first-order valence-electron chi connectivity index (χ1n) is 11.5. The predicted octanol–water partition coefficient (Wildman–Crippen LogP) is 3.24. The number of carbonyl (C=O) groups is 2. The van der Waals surface area contributed by atoms with Crippen molar-refractivity contribution in [1.82, 2.24) is 9.99 Å². The zero-order valence-electron chi connectivity index (χ0n) is 20.6. The van der Waals surface area contributed by atoms with Gasteiger partial charge in [0.15, 0.2) is 11.9 Å². The van der Waals surface area contributed by atoms with E-state index < -0.39 is 62.5 Å². The fourth-order valence-electron chi connectivity index (χ4n) is 3.68. The summed E-state index contributed by atoms with van der Waals surface area (Å²) in [7, 11) is -4.26. The molecule has 2 aliphatic rings. The normalized spacial score (nSPS) is 28.8. The number of ether oxygens (including phenoxy) is 2. The Kier molecular flexibility index (Phi) is 8.74. The van der Waals surface area contributed by atoms with Crippen LogP contribution in [0.5, 0.6) is 5.75 Å². The summed E-state index contributed by atoms with van der Waals surface area (Å²) in [4.78, 5) is 25.7. The van der Waals surface area contributed by atoms with Crippen LogP contribution in [0.15, 0.2) is 54.8 Å². The van der Waals surface area contributed by atoms with Crippen LogP contribution in [-0.2, 0) is 28.2 Å². The molecule has 6 unspecified atom stereocenters. The number of carbonyl (C=O) groups excluding carboxylic acids is 2. The second-order valence-electron chi connectivity index (χ2n) is 9.11. The zero-order chi connectivity index (χ0) is 26.7. The Bertz CT molecular complexity index is 1050. The van der Waals surface area contributed by atoms with Crippen LogP contribution in [0.1, 0.15) is 34.1 Å². The van der Waals surface area contributed by atoms with Crippen LogP contribution in [0, 0.1) is 0 Å². The van der Waals surface area contributed by atoms with Gasteiger partial charge in [0.1, 0.15) is 24.0 Å². The van der Waals surface area contributed by atoms with Gasteiger partial charge in [-0.25, -0.2) is 8.96 Å². The Labute approximate surface area is 209 Å². The molecule has 10 nitrogen and oxygen atoms in total. The largest absolute Gasteiger partial charge is 0.462 e. The summed E-state index contributed by atoms with van der Waals surface area (Å²) >= 11 is 0. The minimum absolute atomic E-state index is 0.0158. The van der Waals surface area contributed by atoms with Crippen LogP contribution < -0.4 is 9.61 Å². The van der Waals surface area contributed by atoms with Crippen molar-refractivity contribution in [3.8, 4) is 5.75 Å². The predicted molar refractivity (Wildman–Crippen MR) is 128 cm³/mol. The molecule has 6 atom stereocenters. The van der Waals surface area contributed by atoms with Crippen molar-refractivity contribution in [3.63, 3.8) is 0 Å². The van der Waals surface area contributed by atoms with E-state index in [0.29, 0.717) is 5.57 Å². The van der Waals surface area contributed by atoms with Gasteiger partial charge in [0, 0.05) is 6.20 Å². The van der Waals surface area contributed by atoms with Crippen molar-refractivity contribution < 1.29 is 42.2 Å². The minimum Gasteiger partial charge on any atom is -0.462 e. The molecule has 36 heavy (non-hydrogen) atoms. The number of benzene rings is 1. The average molecular weight is 526 g/mol. The quantitative estimate of drug-likeness (QED) is 0.349. The molecule has 1 fully saturated rings. The SMILES string of the molecule is C=C1C=CN(C2OC(COP(=O)(NC(C)C(=O)OC(C)C)Oc3ccccc3)C(O)C2(C)F)C(=O)C1. The Balaban J connectivity index is 1.76. The van der Waals surface area contributed by atoms with Crippen LogP contribution in [-0.4, -0.2) is 64.7 Å². The van der Waals surface area contributed by atoms with E-state index in [0.717, 1.165) is 11.8 Å². The zero-order valence-corrected chi connectivity index (χ0v) is 21.5. The lowest BCUT2D eigenvalue weighted by molar-refractivity contribution is -0.149. The highest BCUT2D eigenvalue weighted by Gasteiger charge is 2.57. The standard InChI is InChI=1S/C24H32FN2O8P/c1-15(2)33-22(30)17(4)26-36(31,35-18-9-7-6-8-10-18)32-14-19-21(29)24(5,25)23(34-19)27-12-11-16(3)13-20(27)28/h6-12,15,17,19,21,23,29H,3,13-14H2,1-2,4-5H3,(H,26,31). The number of nitrogens with zero attached hydrogens (tertiary/aromatic N) is 1. The van der Waals surface area contributed by atoms with E-state index in [2.05, 4.69) is 11.7 Å². The van der Waals surface area contributed by atoms with Gasteiger partial charge < -0.3 is 19.1 Å². The van der Waals surface area contributed by atoms with E-state index in [-0.39, 0.29) is 12.2 Å². The first kappa shape index (κ1) is 28.0. The third kappa shape index (κ3) is 6.60. The number of aliphatic hydroxyl groups excluding tert-OH is 1. The number of alkyl halides is 1. The van der Waals surface area contributed by atoms with E-state index >= 15 is 4.39 Å². The highest BCUT2D eigenvalue weighted by Crippen LogP contribution is 2.46. The van der Waals surface area contributed by atoms with Crippen molar-refractivity contribution in [2.24, 2.45) is 0 Å². The van der Waals surface area contributed by atoms with Crippen molar-refractivity contribution in [2.75, 3.05) is 6.61 Å². The van der Waals surface area contributed by atoms with Crippen molar-refractivity contribution in [2.45, 2.75) is 70.4 Å². The Hall–Kier alpha value is -2.56. The number of para-hydroxylation sites is 1. The Morgan fingerprint density at radius 2 is 2.03 bits per heavy atom. The maximum atomic E-state index is 15.5. The first-order valence-corrected chi connectivity index (χ1v) is 13.0. The fourth-order valence-corrected chi connectivity index (χ4v) is 5.18. The summed E-state index contributed by atoms with van der Waals surface area (Å²) in [6.45, 7) is 9.01. The highest BCUT2D eigenvalue weighted by molar-refractivity contribution is 7.52. The third-order valence-electron chi connectivity index (χ3n) is 5.54. The summed E-state index contributed by atoms with van der Waals surface area (Å²) in [5.41, 5.74) is -1.80. The van der Waals surface area contributed by atoms with Gasteiger partial charge in [-0.05, 0) is 51.5 Å². The molecule has 1 saturated heterocycles. The molecule has 1 aromatic carbocycles. The molecular formula is C24H32FN2O8P. The van der Waals surface area contributed by atoms with Crippen molar-refractivity contribution >= 4 is 19.6 Å². The molecule has 2 aliphatic heterocycles. The molecule has 0 saturated carbocycles. The monoisotopic (exact) mass is 526 g/mol. The summed E-state index contributed by atoms with van der Waals surface area (Å²) in [6, 6.07) is 7.01. The maximum absolute atomic E-state index is 15.5. The molecule has 2 heterocycles. The minimum atomic E-state index is -4.26. The van der Waals surface area contributed by atoms with E-state index in [1.807, 2.05) is 0 Å². The topological polar surface area (TPSA) is 124 Å². The van der Waals surface area contributed by atoms with Crippen LogP contribution >= 0.6 is 7.75 Å². The lowest BCUT2D eigenvalue weighted by Gasteiger charge is -2.33. The summed E-state index contributed by atoms with van der Waals surface area (Å²) in [6.07, 6.45) is -1.98. The highest BCUT2D eigenvalue weighted by atomic mass is 31.2. The average Bonchev–Trinajstić information content (AvgIpc) is 3.01. The molecule has 2 N–H and O–H groups in total. The molecule has 1 aromatic rings. The molecule has 3 rings (SSSR count). The van der Waals surface area contributed by atoms with Gasteiger partial charge in [-0.1, -0.05) is 24.8 Å². The van der Waals surface area contributed by atoms with Gasteiger partial charge in [-0.3, -0.25) is 19.0 Å². The molecular weight excluding hydrogens is 494 g/mol. The van der Waals surface area contributed by atoms with Crippen LogP contribution in [0.4, 0.5) is 4.39 Å². The molecule has 0 aromatic heterocycles. The molecule has 12 heteroatoms. The van der Waals surface area contributed by atoms with Crippen LogP contribution in [0.2, 0.25) is 0 Å². The number of hydrogen-bond acceptors (Lipinski definition) is 8. The number of allylic oxidation sites excluding steroid dienone is 1. The molecule has 1 amide bonds. The van der Waals surface area contributed by atoms with E-state index in [9.17, 15) is 19.3 Å². The number of nitrogens with one attached hydrogen (secondary N) is 1. The van der Waals surface area contributed by atoms with E-state index in [4.69, 9.17) is 18.5 Å². The summed E-state index contributed by atoms with van der Waals surface area (Å²) < 4.78 is 51.0. The maximum Gasteiger partial charge on any atom is 0.459 e. The van der Waals surface area contributed by atoms with Gasteiger partial charge in [0.2, 0.25) is 5.91 Å².